The summed E-state index contributed by atoms with van der Waals surface area (Å²) in [5.41, 5.74) is 0. The maximum Gasteiger partial charge on any atom is 0.306 e. The van der Waals surface area contributed by atoms with E-state index in [1.807, 2.05) is 0 Å². The fourth-order valence-corrected chi connectivity index (χ4v) is 7.89. The van der Waals surface area contributed by atoms with Gasteiger partial charge in [0.1, 0.15) is 13.2 Å². The van der Waals surface area contributed by atoms with Crippen LogP contribution in [0.15, 0.2) is 109 Å². The monoisotopic (exact) mass is 985 g/mol. The SMILES string of the molecule is CC/C=C\C/C=C\C/C=C\C/C=C\CCCCCCC(=O)OCC(COC(=O)CCCCCCCCCCC/C=C\CCCCCCCC)OC(=O)CCCCCC/C=C\C/C=C\C/C=C\C/C=C\CC. The molecule has 0 aromatic rings. The van der Waals surface area contributed by atoms with E-state index in [0.717, 1.165) is 135 Å². The van der Waals surface area contributed by atoms with Gasteiger partial charge in [0, 0.05) is 19.3 Å². The lowest BCUT2D eigenvalue weighted by atomic mass is 10.1. The molecule has 6 nitrogen and oxygen atoms in total. The largest absolute Gasteiger partial charge is 0.462 e. The fraction of sp³-hybridized carbons (Fsp3) is 0.677. The second-order valence-electron chi connectivity index (χ2n) is 19.1. The van der Waals surface area contributed by atoms with Crippen LogP contribution in [-0.4, -0.2) is 37.2 Å². The topological polar surface area (TPSA) is 78.9 Å². The highest BCUT2D eigenvalue weighted by Crippen LogP contribution is 2.15. The van der Waals surface area contributed by atoms with Crippen molar-refractivity contribution in [3.63, 3.8) is 0 Å². The maximum atomic E-state index is 12.9. The second kappa shape index (κ2) is 58.6. The average Bonchev–Trinajstić information content (AvgIpc) is 3.37. The van der Waals surface area contributed by atoms with Crippen molar-refractivity contribution in [2.45, 2.75) is 271 Å². The van der Waals surface area contributed by atoms with Crippen molar-refractivity contribution >= 4 is 17.9 Å². The Hall–Kier alpha value is -3.93. The third kappa shape index (κ3) is 56.9. The molecule has 0 N–H and O–H groups in total. The molecule has 0 amide bonds. The first-order valence-corrected chi connectivity index (χ1v) is 29.4. The summed E-state index contributed by atoms with van der Waals surface area (Å²) in [5, 5.41) is 0. The van der Waals surface area contributed by atoms with Crippen LogP contribution in [0, 0.1) is 0 Å². The van der Waals surface area contributed by atoms with Crippen LogP contribution < -0.4 is 0 Å². The summed E-state index contributed by atoms with van der Waals surface area (Å²) in [6.45, 7) is 6.37. The fourth-order valence-electron chi connectivity index (χ4n) is 7.89. The molecule has 0 radical (unpaired) electrons. The Bertz CT molecular complexity index is 1460. The molecule has 0 bridgehead atoms. The highest BCUT2D eigenvalue weighted by Gasteiger charge is 2.19. The van der Waals surface area contributed by atoms with Crippen molar-refractivity contribution in [3.05, 3.63) is 109 Å². The van der Waals surface area contributed by atoms with Crippen LogP contribution in [0.2, 0.25) is 0 Å². The Balaban J connectivity index is 4.47. The first-order valence-electron chi connectivity index (χ1n) is 29.4. The Morgan fingerprint density at radius 3 is 0.873 bits per heavy atom. The highest BCUT2D eigenvalue weighted by atomic mass is 16.6. The maximum absolute atomic E-state index is 12.9. The third-order valence-electron chi connectivity index (χ3n) is 12.2. The van der Waals surface area contributed by atoms with Crippen LogP contribution in [0.3, 0.4) is 0 Å². The van der Waals surface area contributed by atoms with Gasteiger partial charge >= 0.3 is 17.9 Å². The van der Waals surface area contributed by atoms with Crippen LogP contribution >= 0.6 is 0 Å². The molecule has 0 fully saturated rings. The Labute approximate surface area is 438 Å². The van der Waals surface area contributed by atoms with Gasteiger partial charge < -0.3 is 14.2 Å². The second-order valence-corrected chi connectivity index (χ2v) is 19.1. The molecule has 71 heavy (non-hydrogen) atoms. The Morgan fingerprint density at radius 1 is 0.296 bits per heavy atom. The molecule has 1 atom stereocenters. The van der Waals surface area contributed by atoms with E-state index >= 15 is 0 Å². The van der Waals surface area contributed by atoms with E-state index in [4.69, 9.17) is 14.2 Å². The number of ether oxygens (including phenoxy) is 3. The zero-order chi connectivity index (χ0) is 51.4. The minimum atomic E-state index is -0.805. The molecule has 0 aromatic carbocycles. The molecule has 6 heteroatoms. The molecule has 0 saturated heterocycles. The zero-order valence-electron chi connectivity index (χ0n) is 46.2. The molecule has 0 spiro atoms. The molecule has 1 unspecified atom stereocenters. The minimum Gasteiger partial charge on any atom is -0.462 e. The van der Waals surface area contributed by atoms with Crippen LogP contribution in [0.4, 0.5) is 0 Å². The predicted molar refractivity (Wildman–Crippen MR) is 307 cm³/mol. The van der Waals surface area contributed by atoms with Crippen molar-refractivity contribution in [1.82, 2.24) is 0 Å². The van der Waals surface area contributed by atoms with Gasteiger partial charge in [-0.05, 0) is 122 Å². The van der Waals surface area contributed by atoms with Gasteiger partial charge in [-0.1, -0.05) is 233 Å². The van der Waals surface area contributed by atoms with Gasteiger partial charge in [-0.25, -0.2) is 0 Å². The van der Waals surface area contributed by atoms with E-state index in [0.29, 0.717) is 19.3 Å². The van der Waals surface area contributed by atoms with Gasteiger partial charge in [0.2, 0.25) is 0 Å². The van der Waals surface area contributed by atoms with E-state index in [-0.39, 0.29) is 31.1 Å². The molecule has 404 valence electrons. The summed E-state index contributed by atoms with van der Waals surface area (Å²) in [5.74, 6) is -0.947. The Morgan fingerprint density at radius 2 is 0.549 bits per heavy atom. The molecular formula is C65H108O6. The van der Waals surface area contributed by atoms with E-state index in [1.165, 1.54) is 89.9 Å². The number of rotatable bonds is 52. The van der Waals surface area contributed by atoms with Crippen molar-refractivity contribution in [2.75, 3.05) is 13.2 Å². The number of esters is 3. The first-order chi connectivity index (χ1) is 35.0. The van der Waals surface area contributed by atoms with Crippen LogP contribution in [0.25, 0.3) is 0 Å². The van der Waals surface area contributed by atoms with Gasteiger partial charge in [-0.2, -0.15) is 0 Å². The molecule has 0 aliphatic carbocycles. The van der Waals surface area contributed by atoms with E-state index < -0.39 is 6.10 Å². The summed E-state index contributed by atoms with van der Waals surface area (Å²) in [6, 6.07) is 0. The van der Waals surface area contributed by atoms with Crippen molar-refractivity contribution in [1.29, 1.82) is 0 Å². The predicted octanol–water partition coefficient (Wildman–Crippen LogP) is 19.9. The van der Waals surface area contributed by atoms with Crippen LogP contribution in [0.5, 0.6) is 0 Å². The van der Waals surface area contributed by atoms with E-state index in [9.17, 15) is 14.4 Å². The standard InChI is InChI=1S/C65H108O6/c1-4-7-10-13-16-19-22-25-28-31-32-35-37-40-43-46-49-52-55-58-64(67)70-61-62(71-65(68)59-56-53-50-47-44-41-38-34-30-27-24-21-18-15-12-9-6-3)60-69-63(66)57-54-51-48-45-42-39-36-33-29-26-23-20-17-14-11-8-5-2/h8-9,11-12,17-18,20-21,25-30,36,38-39,41,62H,4-7,10,13-16,19,22-24,31-35,37,40,42-61H2,1-3H3/b11-8-,12-9-,20-17-,21-18-,28-25-,29-26-,30-27-,39-36-,41-38-. The van der Waals surface area contributed by atoms with Gasteiger partial charge in [-0.15, -0.1) is 0 Å². The smallest absolute Gasteiger partial charge is 0.306 e. The number of carbonyl (C=O) groups is 3. The normalized spacial score (nSPS) is 12.9. The number of hydrogen-bond donors (Lipinski definition) is 0. The Kier molecular flexibility index (Phi) is 55.4. The minimum absolute atomic E-state index is 0.0983. The average molecular weight is 986 g/mol. The lowest BCUT2D eigenvalue weighted by molar-refractivity contribution is -0.167. The molecule has 0 aliphatic rings. The van der Waals surface area contributed by atoms with Crippen LogP contribution in [0.1, 0.15) is 265 Å². The number of allylic oxidation sites excluding steroid dienone is 18. The molecule has 0 saturated carbocycles. The van der Waals surface area contributed by atoms with Gasteiger partial charge in [-0.3, -0.25) is 14.4 Å². The molecule has 0 heterocycles. The zero-order valence-corrected chi connectivity index (χ0v) is 46.2. The molecule has 0 rings (SSSR count). The summed E-state index contributed by atoms with van der Waals surface area (Å²) < 4.78 is 16.9. The van der Waals surface area contributed by atoms with Gasteiger partial charge in [0.15, 0.2) is 6.10 Å². The number of hydrogen-bond acceptors (Lipinski definition) is 6. The number of unbranched alkanes of at least 4 members (excludes halogenated alkanes) is 23. The van der Waals surface area contributed by atoms with Crippen molar-refractivity contribution in [3.8, 4) is 0 Å². The number of carbonyl (C=O) groups excluding carboxylic acids is 3. The molecule has 0 aliphatic heterocycles. The summed E-state index contributed by atoms with van der Waals surface area (Å²) in [4.78, 5) is 38.2. The quantitative estimate of drug-likeness (QED) is 0.0261. The van der Waals surface area contributed by atoms with Gasteiger partial charge in [0.05, 0.1) is 0 Å². The lowest BCUT2D eigenvalue weighted by Crippen LogP contribution is -2.30. The van der Waals surface area contributed by atoms with Gasteiger partial charge in [0.25, 0.3) is 0 Å². The third-order valence-corrected chi connectivity index (χ3v) is 12.2. The van der Waals surface area contributed by atoms with Crippen molar-refractivity contribution in [2.24, 2.45) is 0 Å². The summed E-state index contributed by atoms with van der Waals surface area (Å²) in [6.07, 6.45) is 79.3. The molecular weight excluding hydrogens is 877 g/mol. The van der Waals surface area contributed by atoms with Crippen molar-refractivity contribution < 1.29 is 28.6 Å². The highest BCUT2D eigenvalue weighted by molar-refractivity contribution is 5.71. The lowest BCUT2D eigenvalue weighted by Gasteiger charge is -2.18. The summed E-state index contributed by atoms with van der Waals surface area (Å²) >= 11 is 0. The van der Waals surface area contributed by atoms with E-state index in [1.54, 1.807) is 0 Å². The van der Waals surface area contributed by atoms with Crippen LogP contribution in [-0.2, 0) is 28.6 Å². The first kappa shape index (κ1) is 67.1. The van der Waals surface area contributed by atoms with E-state index in [2.05, 4.69) is 130 Å². The molecule has 0 aromatic heterocycles. The summed E-state index contributed by atoms with van der Waals surface area (Å²) in [7, 11) is 0.